The Morgan fingerprint density at radius 3 is 2.09 bits per heavy atom. The summed E-state index contributed by atoms with van der Waals surface area (Å²) in [5.74, 6) is 0. The van der Waals surface area contributed by atoms with Crippen LogP contribution in [0.25, 0.3) is 0 Å². The van der Waals surface area contributed by atoms with Crippen molar-refractivity contribution in [3.63, 3.8) is 0 Å². The molecule has 0 spiro atoms. The van der Waals surface area contributed by atoms with E-state index in [4.69, 9.17) is 0 Å². The Morgan fingerprint density at radius 2 is 1.91 bits per heavy atom. The van der Waals surface area contributed by atoms with Gasteiger partial charge in [-0.3, -0.25) is 9.97 Å². The molecule has 11 heavy (non-hydrogen) atoms. The summed E-state index contributed by atoms with van der Waals surface area (Å²) in [5, 5.41) is 0. The molecule has 1 heterocycles. The van der Waals surface area contributed by atoms with Crippen molar-refractivity contribution in [2.75, 3.05) is 0 Å². The quantitative estimate of drug-likeness (QED) is 0.580. The van der Waals surface area contributed by atoms with Crippen molar-refractivity contribution >= 4 is 0 Å². The lowest BCUT2D eigenvalue weighted by atomic mass is 10.5. The zero-order chi connectivity index (χ0) is 8.69. The van der Waals surface area contributed by atoms with Crippen molar-refractivity contribution in [1.82, 2.24) is 9.97 Å². The molecule has 0 saturated heterocycles. The Labute approximate surface area is 64.3 Å². The molecule has 1 rings (SSSR count). The molecule has 1 aromatic heterocycles. The number of alkyl halides is 2. The third-order valence-corrected chi connectivity index (χ3v) is 0.692. The summed E-state index contributed by atoms with van der Waals surface area (Å²) in [6, 6.07) is 0. The largest absolute Gasteiger partial charge is 0.261 e. The molecule has 0 aliphatic carbocycles. The summed E-state index contributed by atoms with van der Waals surface area (Å²) in [5.41, 5.74) is 0.961. The Hall–Kier alpha value is -1.06. The second kappa shape index (κ2) is 5.70. The number of aryl methyl sites for hydroxylation is 1. The molecule has 0 aliphatic rings. The lowest BCUT2D eigenvalue weighted by Crippen LogP contribution is -1.77. The predicted octanol–water partition coefficient (Wildman–Crippen LogP) is 2.06. The van der Waals surface area contributed by atoms with Gasteiger partial charge in [0, 0.05) is 18.6 Å². The first-order valence-corrected chi connectivity index (χ1v) is 3.13. The third kappa shape index (κ3) is 8.94. The van der Waals surface area contributed by atoms with Crippen LogP contribution in [0.5, 0.6) is 0 Å². The first-order chi connectivity index (χ1) is 5.13. The van der Waals surface area contributed by atoms with Gasteiger partial charge in [0.1, 0.15) is 0 Å². The van der Waals surface area contributed by atoms with Crippen LogP contribution in [-0.4, -0.2) is 16.4 Å². The maximum atomic E-state index is 10.3. The van der Waals surface area contributed by atoms with Gasteiger partial charge in [-0.05, 0) is 13.8 Å². The van der Waals surface area contributed by atoms with E-state index < -0.39 is 6.43 Å². The monoisotopic (exact) mass is 160 g/mol. The van der Waals surface area contributed by atoms with Crippen LogP contribution in [0.1, 0.15) is 12.6 Å². The van der Waals surface area contributed by atoms with E-state index in [0.29, 0.717) is 0 Å². The fraction of sp³-hybridized carbons (Fsp3) is 0.429. The third-order valence-electron chi connectivity index (χ3n) is 0.692. The predicted molar refractivity (Wildman–Crippen MR) is 38.4 cm³/mol. The molecule has 0 amide bonds. The second-order valence-corrected chi connectivity index (χ2v) is 1.87. The summed E-state index contributed by atoms with van der Waals surface area (Å²) in [6.07, 6.45) is 2.89. The highest BCUT2D eigenvalue weighted by molar-refractivity contribution is 4.88. The van der Waals surface area contributed by atoms with Crippen LogP contribution in [0.2, 0.25) is 0 Å². The highest BCUT2D eigenvalue weighted by Gasteiger charge is 1.79. The average Bonchev–Trinajstić information content (AvgIpc) is 1.87. The van der Waals surface area contributed by atoms with Crippen molar-refractivity contribution in [2.45, 2.75) is 20.3 Å². The lowest BCUT2D eigenvalue weighted by molar-refractivity contribution is 0.171. The topological polar surface area (TPSA) is 25.8 Å². The van der Waals surface area contributed by atoms with Crippen molar-refractivity contribution in [1.29, 1.82) is 0 Å². The van der Waals surface area contributed by atoms with Gasteiger partial charge in [0.05, 0.1) is 5.69 Å². The summed E-state index contributed by atoms with van der Waals surface area (Å²) >= 11 is 0. The molecule has 0 aliphatic heterocycles. The first kappa shape index (κ1) is 9.94. The first-order valence-electron chi connectivity index (χ1n) is 3.13. The number of halogens is 2. The summed E-state index contributed by atoms with van der Waals surface area (Å²) in [4.78, 5) is 7.74. The van der Waals surface area contributed by atoms with Crippen molar-refractivity contribution in [3.8, 4) is 0 Å². The van der Waals surface area contributed by atoms with Crippen LogP contribution in [-0.2, 0) is 0 Å². The van der Waals surface area contributed by atoms with Crippen LogP contribution in [0, 0.1) is 6.92 Å². The van der Waals surface area contributed by atoms with E-state index in [-0.39, 0.29) is 0 Å². The maximum Gasteiger partial charge on any atom is 0.235 e. The van der Waals surface area contributed by atoms with Gasteiger partial charge in [0.25, 0.3) is 0 Å². The van der Waals surface area contributed by atoms with Gasteiger partial charge in [-0.25, -0.2) is 8.78 Å². The van der Waals surface area contributed by atoms with Crippen molar-refractivity contribution in [3.05, 3.63) is 24.3 Å². The van der Waals surface area contributed by atoms with Gasteiger partial charge in [0.15, 0.2) is 0 Å². The number of aromatic nitrogens is 2. The Bertz CT molecular complexity index is 174. The highest BCUT2D eigenvalue weighted by Crippen LogP contribution is 1.82. The Morgan fingerprint density at radius 1 is 1.36 bits per heavy atom. The Kier molecular flexibility index (Phi) is 5.15. The summed E-state index contributed by atoms with van der Waals surface area (Å²) in [6.45, 7) is 2.74. The molecule has 4 heteroatoms. The molecule has 0 N–H and O–H groups in total. The number of hydrogen-bond donors (Lipinski definition) is 0. The molecule has 0 unspecified atom stereocenters. The lowest BCUT2D eigenvalue weighted by Gasteiger charge is -1.81. The summed E-state index contributed by atoms with van der Waals surface area (Å²) < 4.78 is 20.7. The smallest absolute Gasteiger partial charge is 0.235 e. The number of nitrogens with zero attached hydrogens (tertiary/aromatic N) is 2. The van der Waals surface area contributed by atoms with E-state index in [1.165, 1.54) is 0 Å². The van der Waals surface area contributed by atoms with E-state index in [1.54, 1.807) is 18.6 Å². The van der Waals surface area contributed by atoms with Crippen molar-refractivity contribution in [2.24, 2.45) is 0 Å². The normalized spacial score (nSPS) is 8.82. The average molecular weight is 160 g/mol. The minimum absolute atomic E-state index is 0.833. The second-order valence-electron chi connectivity index (χ2n) is 1.87. The zero-order valence-corrected chi connectivity index (χ0v) is 6.46. The van der Waals surface area contributed by atoms with Crippen molar-refractivity contribution < 1.29 is 8.78 Å². The van der Waals surface area contributed by atoms with E-state index in [2.05, 4.69) is 9.97 Å². The van der Waals surface area contributed by atoms with Crippen LogP contribution in [0.15, 0.2) is 18.6 Å². The van der Waals surface area contributed by atoms with Crippen LogP contribution >= 0.6 is 0 Å². The van der Waals surface area contributed by atoms with Crippen LogP contribution < -0.4 is 0 Å². The number of hydrogen-bond acceptors (Lipinski definition) is 2. The molecular weight excluding hydrogens is 150 g/mol. The minimum Gasteiger partial charge on any atom is -0.261 e. The van der Waals surface area contributed by atoms with E-state index >= 15 is 0 Å². The molecular formula is C7H10F2N2. The molecule has 62 valence electrons. The van der Waals surface area contributed by atoms with E-state index in [1.807, 2.05) is 6.92 Å². The fourth-order valence-electron chi connectivity index (χ4n) is 0.374. The molecule has 0 bridgehead atoms. The van der Waals surface area contributed by atoms with Gasteiger partial charge in [-0.1, -0.05) is 0 Å². The van der Waals surface area contributed by atoms with Crippen LogP contribution in [0.4, 0.5) is 8.78 Å². The molecule has 0 radical (unpaired) electrons. The van der Waals surface area contributed by atoms with Gasteiger partial charge in [-0.15, -0.1) is 0 Å². The van der Waals surface area contributed by atoms with Gasteiger partial charge in [0.2, 0.25) is 6.43 Å². The molecule has 2 nitrogen and oxygen atoms in total. The standard InChI is InChI=1S/C5H6N2.C2H4F2/c1-5-4-6-2-3-7-5;1-2(3)4/h2-4H,1H3;2H,1H3. The highest BCUT2D eigenvalue weighted by atomic mass is 19.3. The fourth-order valence-corrected chi connectivity index (χ4v) is 0.374. The maximum absolute atomic E-state index is 10.3. The number of rotatable bonds is 0. The molecule has 0 fully saturated rings. The van der Waals surface area contributed by atoms with Gasteiger partial charge >= 0.3 is 0 Å². The molecule has 1 aromatic rings. The summed E-state index contributed by atoms with van der Waals surface area (Å²) in [7, 11) is 0. The van der Waals surface area contributed by atoms with Gasteiger partial charge in [-0.2, -0.15) is 0 Å². The van der Waals surface area contributed by atoms with E-state index in [9.17, 15) is 8.78 Å². The SMILES string of the molecule is CC(F)F.Cc1cnccn1. The Balaban J connectivity index is 0.000000218. The van der Waals surface area contributed by atoms with Crippen LogP contribution in [0.3, 0.4) is 0 Å². The van der Waals surface area contributed by atoms with E-state index in [0.717, 1.165) is 12.6 Å². The zero-order valence-electron chi connectivity index (χ0n) is 6.46. The molecule has 0 atom stereocenters. The van der Waals surface area contributed by atoms with Gasteiger partial charge < -0.3 is 0 Å². The molecule has 0 aromatic carbocycles. The molecule has 0 saturated carbocycles. The minimum atomic E-state index is -2.17.